The maximum Gasteiger partial charge on any atom is 0.116 e. The van der Waals surface area contributed by atoms with Gasteiger partial charge in [0.05, 0.1) is 11.3 Å². The number of benzene rings is 2. The third-order valence-corrected chi connectivity index (χ3v) is 4.20. The van der Waals surface area contributed by atoms with Gasteiger partial charge in [-0.25, -0.2) is 4.99 Å². The predicted octanol–water partition coefficient (Wildman–Crippen LogP) is 4.74. The molecule has 0 radical (unpaired) electrons. The first-order chi connectivity index (χ1) is 11.4. The van der Waals surface area contributed by atoms with E-state index in [1.807, 2.05) is 12.1 Å². The quantitative estimate of drug-likeness (QED) is 0.642. The summed E-state index contributed by atoms with van der Waals surface area (Å²) in [7, 11) is 0. The third kappa shape index (κ3) is 2.47. The van der Waals surface area contributed by atoms with Crippen molar-refractivity contribution >= 4 is 28.6 Å². The normalized spacial score (nSPS) is 13.5. The summed E-state index contributed by atoms with van der Waals surface area (Å²) < 4.78 is 0. The van der Waals surface area contributed by atoms with Gasteiger partial charge in [0.15, 0.2) is 0 Å². The summed E-state index contributed by atoms with van der Waals surface area (Å²) in [5.41, 5.74) is 12.0. The smallest absolute Gasteiger partial charge is 0.116 e. The SMILES string of the molecule is C#Cc1c(N)ccc2c1N=C(C(C)C)N(c1ccc(C)cc1)C2=C. The molecule has 0 unspecified atom stereocenters. The van der Waals surface area contributed by atoms with Crippen LogP contribution in [0.4, 0.5) is 17.1 Å². The lowest BCUT2D eigenvalue weighted by molar-refractivity contribution is 0.863. The van der Waals surface area contributed by atoms with Gasteiger partial charge < -0.3 is 5.73 Å². The van der Waals surface area contributed by atoms with Crippen LogP contribution in [0.3, 0.4) is 0 Å². The molecule has 2 aromatic rings. The molecule has 3 rings (SSSR count). The molecule has 0 saturated carbocycles. The first-order valence-corrected chi connectivity index (χ1v) is 7.97. The first-order valence-electron chi connectivity index (χ1n) is 7.97. The van der Waals surface area contributed by atoms with Crippen LogP contribution in [-0.4, -0.2) is 5.84 Å². The minimum absolute atomic E-state index is 0.211. The van der Waals surface area contributed by atoms with Gasteiger partial charge in [-0.3, -0.25) is 4.90 Å². The van der Waals surface area contributed by atoms with E-state index in [1.165, 1.54) is 5.56 Å². The average Bonchev–Trinajstić information content (AvgIpc) is 2.55. The number of aryl methyl sites for hydroxylation is 1. The molecule has 1 aliphatic rings. The van der Waals surface area contributed by atoms with Crippen molar-refractivity contribution in [2.45, 2.75) is 20.8 Å². The van der Waals surface area contributed by atoms with Gasteiger partial charge in [0.2, 0.25) is 0 Å². The number of rotatable bonds is 2. The largest absolute Gasteiger partial charge is 0.398 e. The van der Waals surface area contributed by atoms with E-state index in [2.05, 4.69) is 62.4 Å². The van der Waals surface area contributed by atoms with Crippen LogP contribution in [0.5, 0.6) is 0 Å². The molecule has 0 aliphatic carbocycles. The maximum absolute atomic E-state index is 6.03. The zero-order valence-electron chi connectivity index (χ0n) is 14.3. The molecule has 3 heteroatoms. The Morgan fingerprint density at radius 1 is 1.17 bits per heavy atom. The second-order valence-electron chi connectivity index (χ2n) is 6.31. The van der Waals surface area contributed by atoms with Crippen molar-refractivity contribution < 1.29 is 0 Å². The lowest BCUT2D eigenvalue weighted by Gasteiger charge is -2.34. The number of fused-ring (bicyclic) bond motifs is 1. The Morgan fingerprint density at radius 2 is 1.83 bits per heavy atom. The van der Waals surface area contributed by atoms with Gasteiger partial charge in [-0.2, -0.15) is 0 Å². The van der Waals surface area contributed by atoms with E-state index < -0.39 is 0 Å². The lowest BCUT2D eigenvalue weighted by Crippen LogP contribution is -2.35. The van der Waals surface area contributed by atoms with Crippen molar-refractivity contribution in [2.24, 2.45) is 10.9 Å². The van der Waals surface area contributed by atoms with E-state index >= 15 is 0 Å². The topological polar surface area (TPSA) is 41.6 Å². The number of terminal acetylenes is 1. The minimum atomic E-state index is 0.211. The second-order valence-corrected chi connectivity index (χ2v) is 6.31. The number of hydrogen-bond donors (Lipinski definition) is 1. The van der Waals surface area contributed by atoms with Crippen LogP contribution >= 0.6 is 0 Å². The van der Waals surface area contributed by atoms with Gasteiger partial charge in [-0.15, -0.1) is 6.42 Å². The molecule has 3 nitrogen and oxygen atoms in total. The molecule has 0 saturated heterocycles. The van der Waals surface area contributed by atoms with E-state index in [9.17, 15) is 0 Å². The summed E-state index contributed by atoms with van der Waals surface area (Å²) in [6.45, 7) is 10.6. The second kappa shape index (κ2) is 5.90. The van der Waals surface area contributed by atoms with Gasteiger partial charge in [0, 0.05) is 28.6 Å². The fourth-order valence-electron chi connectivity index (χ4n) is 2.90. The number of nitrogens with two attached hydrogens (primary N) is 1. The Morgan fingerprint density at radius 3 is 2.42 bits per heavy atom. The Bertz CT molecular complexity index is 881. The molecule has 0 amide bonds. The first kappa shape index (κ1) is 15.9. The number of anilines is 2. The Labute approximate surface area is 143 Å². The van der Waals surface area contributed by atoms with E-state index in [4.69, 9.17) is 17.1 Å². The summed E-state index contributed by atoms with van der Waals surface area (Å²) in [6, 6.07) is 12.1. The third-order valence-electron chi connectivity index (χ3n) is 4.20. The molecule has 1 aliphatic heterocycles. The van der Waals surface area contributed by atoms with Crippen molar-refractivity contribution in [3.63, 3.8) is 0 Å². The molecule has 120 valence electrons. The van der Waals surface area contributed by atoms with Gasteiger partial charge in [-0.1, -0.05) is 44.0 Å². The van der Waals surface area contributed by atoms with Crippen molar-refractivity contribution in [3.8, 4) is 12.3 Å². The Balaban J connectivity index is 2.24. The number of nitrogens with zero attached hydrogens (tertiary/aromatic N) is 2. The number of aliphatic imine (C=N–C) groups is 1. The zero-order chi connectivity index (χ0) is 17.4. The number of hydrogen-bond acceptors (Lipinski definition) is 3. The van der Waals surface area contributed by atoms with Crippen molar-refractivity contribution in [2.75, 3.05) is 10.6 Å². The average molecular weight is 315 g/mol. The van der Waals surface area contributed by atoms with Crippen LogP contribution in [0.25, 0.3) is 5.70 Å². The lowest BCUT2D eigenvalue weighted by atomic mass is 9.98. The predicted molar refractivity (Wildman–Crippen MR) is 103 cm³/mol. The van der Waals surface area contributed by atoms with Crippen LogP contribution in [0.1, 0.15) is 30.5 Å². The van der Waals surface area contributed by atoms with Crippen LogP contribution in [-0.2, 0) is 0 Å². The molecule has 2 N–H and O–H groups in total. The highest BCUT2D eigenvalue weighted by Crippen LogP contribution is 2.41. The summed E-state index contributed by atoms with van der Waals surface area (Å²) in [5.74, 6) is 3.80. The minimum Gasteiger partial charge on any atom is -0.398 e. The molecule has 0 fully saturated rings. The van der Waals surface area contributed by atoms with E-state index in [1.54, 1.807) is 0 Å². The van der Waals surface area contributed by atoms with Gasteiger partial charge >= 0.3 is 0 Å². The molecular formula is C21H21N3. The number of amidine groups is 1. The van der Waals surface area contributed by atoms with Gasteiger partial charge in [-0.05, 0) is 31.2 Å². The zero-order valence-corrected chi connectivity index (χ0v) is 14.3. The maximum atomic E-state index is 6.03. The van der Waals surface area contributed by atoms with E-state index in [0.29, 0.717) is 11.3 Å². The van der Waals surface area contributed by atoms with E-state index in [-0.39, 0.29) is 5.92 Å². The van der Waals surface area contributed by atoms with Crippen LogP contribution in [0, 0.1) is 25.2 Å². The highest BCUT2D eigenvalue weighted by atomic mass is 15.2. The molecule has 0 atom stereocenters. The molecular weight excluding hydrogens is 294 g/mol. The number of nitrogen functional groups attached to an aromatic ring is 1. The van der Waals surface area contributed by atoms with Gasteiger partial charge in [0.25, 0.3) is 0 Å². The van der Waals surface area contributed by atoms with Crippen molar-refractivity contribution in [3.05, 3.63) is 59.7 Å². The molecule has 24 heavy (non-hydrogen) atoms. The van der Waals surface area contributed by atoms with Crippen molar-refractivity contribution in [1.29, 1.82) is 0 Å². The van der Waals surface area contributed by atoms with Crippen LogP contribution < -0.4 is 10.6 Å². The molecule has 0 bridgehead atoms. The molecule has 2 aromatic carbocycles. The molecule has 0 spiro atoms. The Hall–Kier alpha value is -2.99. The highest BCUT2D eigenvalue weighted by molar-refractivity contribution is 6.14. The van der Waals surface area contributed by atoms with Crippen LogP contribution in [0.15, 0.2) is 48.0 Å². The fraction of sp³-hybridized carbons (Fsp3) is 0.190. The summed E-state index contributed by atoms with van der Waals surface area (Å²) in [5, 5.41) is 0. The summed E-state index contributed by atoms with van der Waals surface area (Å²) >= 11 is 0. The Kier molecular flexibility index (Phi) is 3.91. The fourth-order valence-corrected chi connectivity index (χ4v) is 2.90. The monoisotopic (exact) mass is 315 g/mol. The highest BCUT2D eigenvalue weighted by Gasteiger charge is 2.28. The van der Waals surface area contributed by atoms with Crippen LogP contribution in [0.2, 0.25) is 0 Å². The van der Waals surface area contributed by atoms with Crippen molar-refractivity contribution in [1.82, 2.24) is 0 Å². The molecule has 0 aromatic heterocycles. The van der Waals surface area contributed by atoms with E-state index in [0.717, 1.165) is 28.5 Å². The van der Waals surface area contributed by atoms with Gasteiger partial charge in [0.1, 0.15) is 5.84 Å². The standard InChI is InChI=1S/C21H21N3/c1-6-17-19(22)12-11-18-15(5)24(16-9-7-14(4)8-10-16)21(13(2)3)23-20(17)18/h1,7-13H,5,22H2,2-4H3. The summed E-state index contributed by atoms with van der Waals surface area (Å²) in [4.78, 5) is 6.97. The molecule has 1 heterocycles. The summed E-state index contributed by atoms with van der Waals surface area (Å²) in [6.07, 6.45) is 5.66.